The van der Waals surface area contributed by atoms with Crippen molar-refractivity contribution in [3.8, 4) is 0 Å². The first kappa shape index (κ1) is 17.8. The van der Waals surface area contributed by atoms with Crippen molar-refractivity contribution in [1.82, 2.24) is 10.2 Å². The normalized spacial score (nSPS) is 26.9. The second kappa shape index (κ2) is 8.37. The number of urea groups is 1. The van der Waals surface area contributed by atoms with Crippen LogP contribution in [0.15, 0.2) is 30.3 Å². The Hall–Kier alpha value is -2.04. The number of rotatable bonds is 4. The lowest BCUT2D eigenvalue weighted by Crippen LogP contribution is -2.50. The number of amides is 3. The summed E-state index contributed by atoms with van der Waals surface area (Å²) < 4.78 is 0. The molecule has 0 radical (unpaired) electrons. The molecule has 3 atom stereocenters. The summed E-state index contributed by atoms with van der Waals surface area (Å²) in [6.07, 6.45) is 7.33. The Kier molecular flexibility index (Phi) is 5.95. The molecule has 5 nitrogen and oxygen atoms in total. The molecule has 3 N–H and O–H groups in total. The van der Waals surface area contributed by atoms with Crippen molar-refractivity contribution in [1.29, 1.82) is 0 Å². The third-order valence-electron chi connectivity index (χ3n) is 5.68. The molecular weight excluding hydrogens is 314 g/mol. The average Bonchev–Trinajstić information content (AvgIpc) is 2.64. The van der Waals surface area contributed by atoms with Gasteiger partial charge in [-0.2, -0.15) is 0 Å². The summed E-state index contributed by atoms with van der Waals surface area (Å²) in [5, 5.41) is 3.30. The van der Waals surface area contributed by atoms with E-state index in [0.29, 0.717) is 19.0 Å². The molecule has 0 bridgehead atoms. The highest BCUT2D eigenvalue weighted by atomic mass is 16.2. The zero-order chi connectivity index (χ0) is 17.6. The SMILES string of the molecule is NC(=O)N1CCC[C@H](C(=O)N[C@@H]2CCCC[C@H]2Cc2ccccc2)C1. The van der Waals surface area contributed by atoms with Crippen LogP contribution < -0.4 is 11.1 Å². The topological polar surface area (TPSA) is 75.4 Å². The number of hydrogen-bond acceptors (Lipinski definition) is 2. The van der Waals surface area contributed by atoms with E-state index in [9.17, 15) is 9.59 Å². The molecule has 1 saturated carbocycles. The van der Waals surface area contributed by atoms with Crippen molar-refractivity contribution in [2.75, 3.05) is 13.1 Å². The van der Waals surface area contributed by atoms with E-state index in [-0.39, 0.29) is 17.9 Å². The van der Waals surface area contributed by atoms with Gasteiger partial charge < -0.3 is 16.0 Å². The van der Waals surface area contributed by atoms with Crippen LogP contribution in [0.3, 0.4) is 0 Å². The van der Waals surface area contributed by atoms with Gasteiger partial charge in [0.2, 0.25) is 5.91 Å². The van der Waals surface area contributed by atoms with Crippen LogP contribution in [0.5, 0.6) is 0 Å². The number of benzene rings is 1. The molecular formula is C20H29N3O2. The van der Waals surface area contributed by atoms with E-state index in [1.54, 1.807) is 4.90 Å². The molecule has 1 aliphatic carbocycles. The van der Waals surface area contributed by atoms with Crippen molar-refractivity contribution in [3.63, 3.8) is 0 Å². The largest absolute Gasteiger partial charge is 0.353 e. The maximum absolute atomic E-state index is 12.7. The van der Waals surface area contributed by atoms with Gasteiger partial charge in [0, 0.05) is 19.1 Å². The fourth-order valence-corrected chi connectivity index (χ4v) is 4.25. The van der Waals surface area contributed by atoms with Crippen molar-refractivity contribution >= 4 is 11.9 Å². The summed E-state index contributed by atoms with van der Waals surface area (Å²) in [6.45, 7) is 1.12. The fraction of sp³-hybridized carbons (Fsp3) is 0.600. The number of nitrogens with zero attached hydrogens (tertiary/aromatic N) is 1. The van der Waals surface area contributed by atoms with Gasteiger partial charge in [-0.15, -0.1) is 0 Å². The van der Waals surface area contributed by atoms with Crippen LogP contribution in [-0.2, 0) is 11.2 Å². The van der Waals surface area contributed by atoms with Crippen LogP contribution in [0.4, 0.5) is 4.79 Å². The van der Waals surface area contributed by atoms with Gasteiger partial charge in [0.25, 0.3) is 0 Å². The molecule has 1 aromatic carbocycles. The molecule has 1 aromatic rings. The monoisotopic (exact) mass is 343 g/mol. The van der Waals surface area contributed by atoms with Gasteiger partial charge in [-0.05, 0) is 43.6 Å². The predicted octanol–water partition coefficient (Wildman–Crippen LogP) is 2.69. The Morgan fingerprint density at radius 3 is 2.60 bits per heavy atom. The molecule has 25 heavy (non-hydrogen) atoms. The summed E-state index contributed by atoms with van der Waals surface area (Å²) >= 11 is 0. The van der Waals surface area contributed by atoms with E-state index >= 15 is 0 Å². The van der Waals surface area contributed by atoms with Crippen LogP contribution in [0, 0.1) is 11.8 Å². The van der Waals surface area contributed by atoms with E-state index < -0.39 is 6.03 Å². The molecule has 0 aromatic heterocycles. The van der Waals surface area contributed by atoms with E-state index in [4.69, 9.17) is 5.73 Å². The molecule has 5 heteroatoms. The summed E-state index contributed by atoms with van der Waals surface area (Å²) in [5.74, 6) is 0.465. The number of hydrogen-bond donors (Lipinski definition) is 2. The maximum Gasteiger partial charge on any atom is 0.314 e. The predicted molar refractivity (Wildman–Crippen MR) is 97.9 cm³/mol. The minimum absolute atomic E-state index is 0.0934. The lowest BCUT2D eigenvalue weighted by Gasteiger charge is -2.35. The van der Waals surface area contributed by atoms with Crippen molar-refractivity contribution < 1.29 is 9.59 Å². The average molecular weight is 343 g/mol. The number of nitrogens with two attached hydrogens (primary N) is 1. The third kappa shape index (κ3) is 4.74. The molecule has 0 spiro atoms. The molecule has 2 aliphatic rings. The van der Waals surface area contributed by atoms with Crippen LogP contribution in [-0.4, -0.2) is 36.0 Å². The first-order valence-electron chi connectivity index (χ1n) is 9.52. The standard InChI is InChI=1S/C20H29N3O2/c21-20(25)23-12-6-10-17(14-23)19(24)22-18-11-5-4-9-16(18)13-15-7-2-1-3-8-15/h1-3,7-8,16-18H,4-6,9-14H2,(H2,21,25)(H,22,24)/t16-,17-,18+/m0/s1. The van der Waals surface area contributed by atoms with E-state index in [1.165, 1.54) is 18.4 Å². The number of nitrogens with one attached hydrogen (secondary N) is 1. The Labute approximate surface area is 150 Å². The Morgan fingerprint density at radius 1 is 1.08 bits per heavy atom. The first-order valence-corrected chi connectivity index (χ1v) is 9.52. The summed E-state index contributed by atoms with van der Waals surface area (Å²) in [6, 6.07) is 10.3. The zero-order valence-corrected chi connectivity index (χ0v) is 14.8. The number of carbonyl (C=O) groups is 2. The summed E-state index contributed by atoms with van der Waals surface area (Å²) in [5.41, 5.74) is 6.72. The van der Waals surface area contributed by atoms with E-state index in [2.05, 4.69) is 29.6 Å². The minimum Gasteiger partial charge on any atom is -0.353 e. The molecule has 3 amide bonds. The van der Waals surface area contributed by atoms with Crippen molar-refractivity contribution in [2.45, 2.75) is 51.0 Å². The number of likely N-dealkylation sites (tertiary alicyclic amines) is 1. The number of piperidine rings is 1. The van der Waals surface area contributed by atoms with Crippen molar-refractivity contribution in [3.05, 3.63) is 35.9 Å². The van der Waals surface area contributed by atoms with Gasteiger partial charge >= 0.3 is 6.03 Å². The first-order chi connectivity index (χ1) is 12.1. The third-order valence-corrected chi connectivity index (χ3v) is 5.68. The highest BCUT2D eigenvalue weighted by Crippen LogP contribution is 2.28. The van der Waals surface area contributed by atoms with Crippen LogP contribution in [0.1, 0.15) is 44.1 Å². The summed E-state index contributed by atoms with van der Waals surface area (Å²) in [7, 11) is 0. The highest BCUT2D eigenvalue weighted by Gasteiger charge is 2.31. The molecule has 1 saturated heterocycles. The highest BCUT2D eigenvalue weighted by molar-refractivity contribution is 5.80. The zero-order valence-electron chi connectivity index (χ0n) is 14.8. The van der Waals surface area contributed by atoms with Crippen LogP contribution in [0.25, 0.3) is 0 Å². The van der Waals surface area contributed by atoms with Gasteiger partial charge in [-0.1, -0.05) is 43.2 Å². The number of carbonyl (C=O) groups excluding carboxylic acids is 2. The molecule has 1 heterocycles. The smallest absolute Gasteiger partial charge is 0.314 e. The van der Waals surface area contributed by atoms with Gasteiger partial charge in [0.1, 0.15) is 0 Å². The van der Waals surface area contributed by atoms with Gasteiger partial charge in [0.05, 0.1) is 5.92 Å². The summed E-state index contributed by atoms with van der Waals surface area (Å²) in [4.78, 5) is 25.7. The number of primary amides is 1. The maximum atomic E-state index is 12.7. The second-order valence-corrected chi connectivity index (χ2v) is 7.47. The lowest BCUT2D eigenvalue weighted by molar-refractivity contribution is -0.127. The minimum atomic E-state index is -0.419. The molecule has 0 unspecified atom stereocenters. The molecule has 1 aliphatic heterocycles. The van der Waals surface area contributed by atoms with Gasteiger partial charge in [0.15, 0.2) is 0 Å². The Bertz CT molecular complexity index is 590. The van der Waals surface area contributed by atoms with Gasteiger partial charge in [-0.3, -0.25) is 4.79 Å². The van der Waals surface area contributed by atoms with Crippen LogP contribution >= 0.6 is 0 Å². The van der Waals surface area contributed by atoms with Crippen LogP contribution in [0.2, 0.25) is 0 Å². The Morgan fingerprint density at radius 2 is 1.84 bits per heavy atom. The lowest BCUT2D eigenvalue weighted by atomic mass is 9.80. The second-order valence-electron chi connectivity index (χ2n) is 7.47. The fourth-order valence-electron chi connectivity index (χ4n) is 4.25. The van der Waals surface area contributed by atoms with E-state index in [1.807, 2.05) is 6.07 Å². The van der Waals surface area contributed by atoms with Crippen molar-refractivity contribution in [2.24, 2.45) is 17.6 Å². The Balaban J connectivity index is 1.59. The molecule has 3 rings (SSSR count). The molecule has 136 valence electrons. The van der Waals surface area contributed by atoms with Gasteiger partial charge in [-0.25, -0.2) is 4.79 Å². The molecule has 2 fully saturated rings. The van der Waals surface area contributed by atoms with E-state index in [0.717, 1.165) is 32.1 Å². The quantitative estimate of drug-likeness (QED) is 0.882.